The van der Waals surface area contributed by atoms with Crippen LogP contribution in [0.3, 0.4) is 0 Å². The van der Waals surface area contributed by atoms with E-state index in [1.807, 2.05) is 0 Å². The Labute approximate surface area is 109 Å². The van der Waals surface area contributed by atoms with Crippen LogP contribution in [0.25, 0.3) is 0 Å². The van der Waals surface area contributed by atoms with Gasteiger partial charge in [-0.3, -0.25) is 4.79 Å². The Morgan fingerprint density at radius 2 is 2.06 bits per heavy atom. The van der Waals surface area contributed by atoms with E-state index >= 15 is 0 Å². The van der Waals surface area contributed by atoms with Crippen molar-refractivity contribution in [3.05, 3.63) is 28.5 Å². The number of amides is 1. The van der Waals surface area contributed by atoms with Gasteiger partial charge in [0.05, 0.1) is 15.5 Å². The molecule has 1 aromatic rings. The van der Waals surface area contributed by atoms with Crippen LogP contribution in [0.15, 0.2) is 17.0 Å². The number of hydrogen-bond donors (Lipinski definition) is 1. The van der Waals surface area contributed by atoms with Gasteiger partial charge in [-0.1, -0.05) is 11.6 Å². The summed E-state index contributed by atoms with van der Waals surface area (Å²) in [4.78, 5) is 12.6. The molecule has 0 spiro atoms. The third-order valence-electron chi connectivity index (χ3n) is 2.38. The summed E-state index contributed by atoms with van der Waals surface area (Å²) in [6.45, 7) is 2.09. The summed E-state index contributed by atoms with van der Waals surface area (Å²) < 4.78 is 35.8. The van der Waals surface area contributed by atoms with Crippen molar-refractivity contribution >= 4 is 27.5 Å². The van der Waals surface area contributed by atoms with E-state index in [0.29, 0.717) is 12.6 Å². The van der Waals surface area contributed by atoms with E-state index in [0.717, 1.165) is 6.07 Å². The summed E-state index contributed by atoms with van der Waals surface area (Å²) >= 11 is 5.65. The molecule has 2 N–H and O–H groups in total. The van der Waals surface area contributed by atoms with Crippen molar-refractivity contribution in [1.29, 1.82) is 0 Å². The van der Waals surface area contributed by atoms with E-state index in [1.165, 1.54) is 11.9 Å². The monoisotopic (exact) mass is 294 g/mol. The lowest BCUT2D eigenvalue weighted by atomic mass is 10.2. The average molecular weight is 295 g/mol. The van der Waals surface area contributed by atoms with Gasteiger partial charge < -0.3 is 4.90 Å². The standard InChI is InChI=1S/C10H12ClFN2O3S/c1-3-14(2)10(15)7-4-6(18(13,16)17)5-8(12)9(7)11/h4-5H,3H2,1-2H3,(H2,13,16,17). The molecule has 0 aromatic heterocycles. The lowest BCUT2D eigenvalue weighted by molar-refractivity contribution is 0.0802. The SMILES string of the molecule is CCN(C)C(=O)c1cc(S(N)(=O)=O)cc(F)c1Cl. The first kappa shape index (κ1) is 14.9. The Balaban J connectivity index is 3.45. The number of hydrogen-bond acceptors (Lipinski definition) is 3. The molecule has 0 bridgehead atoms. The topological polar surface area (TPSA) is 80.5 Å². The maximum absolute atomic E-state index is 13.5. The Bertz CT molecular complexity index is 589. The summed E-state index contributed by atoms with van der Waals surface area (Å²) in [5.41, 5.74) is -0.231. The van der Waals surface area contributed by atoms with Gasteiger partial charge in [0.1, 0.15) is 5.82 Å². The van der Waals surface area contributed by atoms with Gasteiger partial charge in [-0.05, 0) is 19.1 Å². The molecule has 0 atom stereocenters. The van der Waals surface area contributed by atoms with Crippen molar-refractivity contribution in [3.8, 4) is 0 Å². The van der Waals surface area contributed by atoms with E-state index < -0.39 is 31.7 Å². The molecule has 8 heteroatoms. The molecule has 1 amide bonds. The second-order valence-electron chi connectivity index (χ2n) is 3.63. The van der Waals surface area contributed by atoms with E-state index in [2.05, 4.69) is 0 Å². The summed E-state index contributed by atoms with van der Waals surface area (Å²) in [5.74, 6) is -1.58. The molecular weight excluding hydrogens is 283 g/mol. The van der Waals surface area contributed by atoms with Crippen LogP contribution in [0.4, 0.5) is 4.39 Å². The van der Waals surface area contributed by atoms with Crippen LogP contribution in [0.2, 0.25) is 5.02 Å². The molecule has 18 heavy (non-hydrogen) atoms. The van der Waals surface area contributed by atoms with Crippen molar-refractivity contribution in [2.24, 2.45) is 5.14 Å². The fourth-order valence-corrected chi connectivity index (χ4v) is 1.97. The number of nitrogens with zero attached hydrogens (tertiary/aromatic N) is 1. The second kappa shape index (κ2) is 5.21. The zero-order chi connectivity index (χ0) is 14.1. The molecule has 0 aliphatic heterocycles. The highest BCUT2D eigenvalue weighted by molar-refractivity contribution is 7.89. The first-order valence-electron chi connectivity index (χ1n) is 4.95. The minimum absolute atomic E-state index is 0.231. The fourth-order valence-electron chi connectivity index (χ4n) is 1.23. The third-order valence-corrected chi connectivity index (χ3v) is 3.66. The predicted octanol–water partition coefficient (Wildman–Crippen LogP) is 1.22. The Kier molecular flexibility index (Phi) is 4.31. The minimum atomic E-state index is -4.10. The molecule has 0 saturated heterocycles. The number of nitrogens with two attached hydrogens (primary N) is 1. The summed E-state index contributed by atoms with van der Waals surface area (Å²) in [7, 11) is -2.61. The first-order chi connectivity index (χ1) is 8.18. The maximum atomic E-state index is 13.5. The Hall–Kier alpha value is -1.18. The lowest BCUT2D eigenvalue weighted by Gasteiger charge is -2.16. The molecular formula is C10H12ClFN2O3S. The number of sulfonamides is 1. The summed E-state index contributed by atoms with van der Waals surface area (Å²) in [6, 6.07) is 1.65. The normalized spacial score (nSPS) is 11.4. The van der Waals surface area contributed by atoms with Gasteiger partial charge in [0.2, 0.25) is 10.0 Å². The van der Waals surface area contributed by atoms with E-state index in [4.69, 9.17) is 16.7 Å². The minimum Gasteiger partial charge on any atom is -0.342 e. The molecule has 0 radical (unpaired) electrons. The van der Waals surface area contributed by atoms with Gasteiger partial charge in [-0.15, -0.1) is 0 Å². The highest BCUT2D eigenvalue weighted by Gasteiger charge is 2.21. The van der Waals surface area contributed by atoms with E-state index in [1.54, 1.807) is 6.92 Å². The van der Waals surface area contributed by atoms with E-state index in [9.17, 15) is 17.6 Å². The highest BCUT2D eigenvalue weighted by atomic mass is 35.5. The molecule has 1 aromatic carbocycles. The number of carbonyl (C=O) groups excluding carboxylic acids is 1. The van der Waals surface area contributed by atoms with Crippen LogP contribution in [0.5, 0.6) is 0 Å². The van der Waals surface area contributed by atoms with Crippen LogP contribution in [0.1, 0.15) is 17.3 Å². The molecule has 0 heterocycles. The number of primary sulfonamides is 1. The molecule has 0 aliphatic carbocycles. The molecule has 0 unspecified atom stereocenters. The largest absolute Gasteiger partial charge is 0.342 e. The van der Waals surface area contributed by atoms with Crippen LogP contribution >= 0.6 is 11.6 Å². The van der Waals surface area contributed by atoms with Gasteiger partial charge in [-0.2, -0.15) is 0 Å². The summed E-state index contributed by atoms with van der Waals surface area (Å²) in [6.07, 6.45) is 0. The number of halogens is 2. The van der Waals surface area contributed by atoms with Crippen molar-refractivity contribution < 1.29 is 17.6 Å². The molecule has 5 nitrogen and oxygen atoms in total. The third kappa shape index (κ3) is 2.98. The smallest absolute Gasteiger partial charge is 0.255 e. The molecule has 0 saturated carbocycles. The fraction of sp³-hybridized carbons (Fsp3) is 0.300. The van der Waals surface area contributed by atoms with Crippen molar-refractivity contribution in [1.82, 2.24) is 4.90 Å². The summed E-state index contributed by atoms with van der Waals surface area (Å²) in [5, 5.41) is 4.47. The number of carbonyl (C=O) groups is 1. The Morgan fingerprint density at radius 1 is 1.50 bits per heavy atom. The quantitative estimate of drug-likeness (QED) is 0.910. The number of benzene rings is 1. The van der Waals surface area contributed by atoms with Gasteiger partial charge in [0, 0.05) is 13.6 Å². The van der Waals surface area contributed by atoms with Crippen molar-refractivity contribution in [3.63, 3.8) is 0 Å². The zero-order valence-corrected chi connectivity index (χ0v) is 11.3. The van der Waals surface area contributed by atoms with Crippen LogP contribution in [-0.2, 0) is 10.0 Å². The van der Waals surface area contributed by atoms with Crippen LogP contribution in [0, 0.1) is 5.82 Å². The number of rotatable bonds is 3. The van der Waals surface area contributed by atoms with Gasteiger partial charge in [-0.25, -0.2) is 17.9 Å². The van der Waals surface area contributed by atoms with Gasteiger partial charge in [0.15, 0.2) is 0 Å². The van der Waals surface area contributed by atoms with Gasteiger partial charge >= 0.3 is 0 Å². The first-order valence-corrected chi connectivity index (χ1v) is 6.88. The highest BCUT2D eigenvalue weighted by Crippen LogP contribution is 2.24. The maximum Gasteiger partial charge on any atom is 0.255 e. The predicted molar refractivity (Wildman–Crippen MR) is 65.4 cm³/mol. The molecule has 0 fully saturated rings. The van der Waals surface area contributed by atoms with Gasteiger partial charge in [0.25, 0.3) is 5.91 Å². The molecule has 0 aliphatic rings. The lowest BCUT2D eigenvalue weighted by Crippen LogP contribution is -2.27. The average Bonchev–Trinajstić information content (AvgIpc) is 2.29. The van der Waals surface area contributed by atoms with Crippen molar-refractivity contribution in [2.75, 3.05) is 13.6 Å². The Morgan fingerprint density at radius 3 is 2.50 bits per heavy atom. The van der Waals surface area contributed by atoms with Crippen LogP contribution < -0.4 is 5.14 Å². The molecule has 1 rings (SSSR count). The van der Waals surface area contributed by atoms with Crippen molar-refractivity contribution in [2.45, 2.75) is 11.8 Å². The van der Waals surface area contributed by atoms with Crippen LogP contribution in [-0.4, -0.2) is 32.8 Å². The molecule has 100 valence electrons. The second-order valence-corrected chi connectivity index (χ2v) is 5.57. The zero-order valence-electron chi connectivity index (χ0n) is 9.78. The van der Waals surface area contributed by atoms with E-state index in [-0.39, 0.29) is 5.56 Å².